The Morgan fingerprint density at radius 2 is 0.422 bits per heavy atom. The van der Waals surface area contributed by atoms with Gasteiger partial charge in [0.05, 0.1) is 0 Å². The number of halogens is 18. The highest BCUT2D eigenvalue weighted by atomic mass is 35.5. The van der Waals surface area contributed by atoms with Crippen LogP contribution < -0.4 is 0 Å². The SMILES string of the molecule is Fc1c(F)c(F)c(CN2B(Cl)N(Cc3c(F)c(F)c(F)c(F)c3F)B(Cl)N(Cc3c(F)c(F)c(F)c(F)c3F)B2Cl)c(F)c1F. The molecule has 0 saturated carbocycles. The standard InChI is InChI=1S/C21H6B3Cl3F15N3/c25-22-43(1-4-7(28)13(34)19(40)14(35)8(4)29)23(26)45(3-6-11(32)17(38)21(42)18(39)12(6)33)24(27)44(22)2-5-9(30)15(36)20(41)16(37)10(5)31/h1-3H2. The van der Waals surface area contributed by atoms with Gasteiger partial charge in [0.15, 0.2) is 69.8 Å². The molecule has 0 amide bonds. The number of hydrogen-bond donors (Lipinski definition) is 0. The minimum absolute atomic E-state index is 0.276. The maximum atomic E-state index is 14.5. The van der Waals surface area contributed by atoms with Gasteiger partial charge in [-0.3, -0.25) is 0 Å². The average molecular weight is 724 g/mol. The largest absolute Gasteiger partial charge is 0.401 e. The van der Waals surface area contributed by atoms with Gasteiger partial charge in [-0.25, -0.2) is 65.9 Å². The van der Waals surface area contributed by atoms with E-state index < -0.39 is 143 Å². The van der Waals surface area contributed by atoms with Gasteiger partial charge in [-0.05, 0) is 0 Å². The third-order valence-corrected chi connectivity index (χ3v) is 8.07. The van der Waals surface area contributed by atoms with Gasteiger partial charge in [-0.2, -0.15) is 34.4 Å². The van der Waals surface area contributed by atoms with Crippen LogP contribution in [0.1, 0.15) is 16.7 Å². The highest BCUT2D eigenvalue weighted by Crippen LogP contribution is 2.35. The van der Waals surface area contributed by atoms with E-state index in [0.29, 0.717) is 0 Å². The summed E-state index contributed by atoms with van der Waals surface area (Å²) in [7, 11) is 0. The second kappa shape index (κ2) is 13.0. The summed E-state index contributed by atoms with van der Waals surface area (Å²) in [6.45, 7) is -4.67. The van der Waals surface area contributed by atoms with Gasteiger partial charge in [0.2, 0.25) is 17.5 Å². The van der Waals surface area contributed by atoms with Crippen molar-refractivity contribution in [3.05, 3.63) is 104 Å². The van der Waals surface area contributed by atoms with Crippen molar-refractivity contribution in [3.63, 3.8) is 0 Å². The van der Waals surface area contributed by atoms with E-state index in [1.165, 1.54) is 0 Å². The van der Waals surface area contributed by atoms with Crippen molar-refractivity contribution >= 4 is 53.6 Å². The summed E-state index contributed by atoms with van der Waals surface area (Å²) in [6.07, 6.45) is -6.73. The van der Waals surface area contributed by atoms with Gasteiger partial charge in [0.1, 0.15) is 0 Å². The fourth-order valence-corrected chi connectivity index (χ4v) is 5.47. The second-order valence-electron chi connectivity index (χ2n) is 9.09. The quantitative estimate of drug-likeness (QED) is 0.115. The van der Waals surface area contributed by atoms with E-state index in [4.69, 9.17) is 34.4 Å². The highest BCUT2D eigenvalue weighted by Gasteiger charge is 2.53. The Labute approximate surface area is 257 Å². The molecule has 1 aliphatic heterocycles. The molecule has 0 radical (unpaired) electrons. The summed E-state index contributed by atoms with van der Waals surface area (Å²) in [6, 6.07) is 0. The van der Waals surface area contributed by atoms with Crippen molar-refractivity contribution in [2.75, 3.05) is 0 Å². The molecule has 3 aromatic carbocycles. The Balaban J connectivity index is 1.88. The van der Waals surface area contributed by atoms with E-state index in [1.54, 1.807) is 0 Å². The van der Waals surface area contributed by atoms with Gasteiger partial charge in [0.25, 0.3) is 0 Å². The van der Waals surface area contributed by atoms with Gasteiger partial charge >= 0.3 is 19.2 Å². The van der Waals surface area contributed by atoms with Crippen molar-refractivity contribution in [2.45, 2.75) is 19.6 Å². The Morgan fingerprint density at radius 3 is 0.578 bits per heavy atom. The normalized spacial score (nSPS) is 15.2. The van der Waals surface area contributed by atoms with Crippen LogP contribution >= 0.6 is 34.4 Å². The maximum absolute atomic E-state index is 14.5. The molecule has 3 aromatic rings. The molecule has 0 bridgehead atoms. The zero-order valence-corrected chi connectivity index (χ0v) is 23.3. The average Bonchev–Trinajstić information content (AvgIpc) is 3.01. The molecule has 0 unspecified atom stereocenters. The molecular weight excluding hydrogens is 718 g/mol. The lowest BCUT2D eigenvalue weighted by molar-refractivity contribution is 0.348. The zero-order valence-electron chi connectivity index (χ0n) is 21.0. The van der Waals surface area contributed by atoms with Gasteiger partial charge in [0, 0.05) is 36.3 Å². The van der Waals surface area contributed by atoms with E-state index in [9.17, 15) is 65.9 Å². The molecule has 240 valence electrons. The van der Waals surface area contributed by atoms with E-state index >= 15 is 0 Å². The number of hydrogen-bond acceptors (Lipinski definition) is 3. The number of nitrogens with zero attached hydrogens (tertiary/aromatic N) is 3. The summed E-state index contributed by atoms with van der Waals surface area (Å²) < 4.78 is 212. The third-order valence-electron chi connectivity index (χ3n) is 6.57. The van der Waals surface area contributed by atoms with Crippen molar-refractivity contribution in [2.24, 2.45) is 0 Å². The van der Waals surface area contributed by atoms with Gasteiger partial charge in [-0.1, -0.05) is 0 Å². The minimum Gasteiger partial charge on any atom is -0.324 e. The van der Waals surface area contributed by atoms with Gasteiger partial charge in [-0.15, -0.1) is 0 Å². The van der Waals surface area contributed by atoms with E-state index in [1.807, 2.05) is 0 Å². The smallest absolute Gasteiger partial charge is 0.324 e. The molecule has 1 fully saturated rings. The summed E-state index contributed by atoms with van der Waals surface area (Å²) in [5.74, 6) is -37.3. The van der Waals surface area contributed by atoms with Crippen LogP contribution in [-0.2, 0) is 19.6 Å². The monoisotopic (exact) mass is 723 g/mol. The van der Waals surface area contributed by atoms with Crippen LogP contribution in [0.2, 0.25) is 0 Å². The fourth-order valence-electron chi connectivity index (χ4n) is 4.24. The minimum atomic E-state index is -2.60. The molecule has 0 atom stereocenters. The molecule has 1 saturated heterocycles. The summed E-state index contributed by atoms with van der Waals surface area (Å²) in [5, 5.41) is 0. The van der Waals surface area contributed by atoms with E-state index in [-0.39, 0.29) is 14.2 Å². The lowest BCUT2D eigenvalue weighted by Gasteiger charge is -2.48. The summed E-state index contributed by atoms with van der Waals surface area (Å²) in [5.41, 5.74) is -4.99. The third kappa shape index (κ3) is 5.84. The van der Waals surface area contributed by atoms with Crippen molar-refractivity contribution in [1.82, 2.24) is 14.2 Å². The first-order valence-corrected chi connectivity index (χ1v) is 12.9. The number of rotatable bonds is 6. The first-order valence-electron chi connectivity index (χ1n) is 11.5. The molecule has 45 heavy (non-hydrogen) atoms. The predicted molar refractivity (Wildman–Crippen MR) is 130 cm³/mol. The van der Waals surface area contributed by atoms with Crippen LogP contribution in [-0.4, -0.2) is 33.4 Å². The first kappa shape index (κ1) is 35.4. The fraction of sp³-hybridized carbons (Fsp3) is 0.143. The molecule has 24 heteroatoms. The second-order valence-corrected chi connectivity index (χ2v) is 10.3. The van der Waals surface area contributed by atoms with Crippen LogP contribution in [0.25, 0.3) is 0 Å². The number of benzene rings is 3. The van der Waals surface area contributed by atoms with Crippen LogP contribution in [0, 0.1) is 87.3 Å². The lowest BCUT2D eigenvalue weighted by atomic mass is 9.70. The van der Waals surface area contributed by atoms with Crippen molar-refractivity contribution in [1.29, 1.82) is 0 Å². The molecule has 0 aromatic heterocycles. The van der Waals surface area contributed by atoms with E-state index in [0.717, 1.165) is 0 Å². The van der Waals surface area contributed by atoms with Gasteiger partial charge < -0.3 is 14.2 Å². The molecule has 0 aliphatic carbocycles. The Hall–Kier alpha value is -2.45. The molecular formula is C21H6B3Cl3F15N3. The van der Waals surface area contributed by atoms with Crippen LogP contribution in [0.15, 0.2) is 0 Å². The lowest BCUT2D eigenvalue weighted by Crippen LogP contribution is -2.72. The Kier molecular flexibility index (Phi) is 10.2. The van der Waals surface area contributed by atoms with Crippen LogP contribution in [0.4, 0.5) is 65.9 Å². The highest BCUT2D eigenvalue weighted by molar-refractivity contribution is 7.25. The van der Waals surface area contributed by atoms with Crippen molar-refractivity contribution in [3.8, 4) is 0 Å². The van der Waals surface area contributed by atoms with Crippen molar-refractivity contribution < 1.29 is 65.9 Å². The van der Waals surface area contributed by atoms with Crippen LogP contribution in [0.3, 0.4) is 0 Å². The first-order chi connectivity index (χ1) is 20.8. The summed E-state index contributed by atoms with van der Waals surface area (Å²) in [4.78, 5) is 0. The summed E-state index contributed by atoms with van der Waals surface area (Å²) >= 11 is 18.6. The molecule has 1 heterocycles. The molecule has 4 rings (SSSR count). The van der Waals surface area contributed by atoms with Crippen LogP contribution in [0.5, 0.6) is 0 Å². The molecule has 1 aliphatic rings. The van der Waals surface area contributed by atoms with E-state index in [2.05, 4.69) is 0 Å². The maximum Gasteiger partial charge on any atom is 0.401 e. The molecule has 3 nitrogen and oxygen atoms in total. The topological polar surface area (TPSA) is 9.72 Å². The Morgan fingerprint density at radius 1 is 0.289 bits per heavy atom. The molecule has 0 spiro atoms. The zero-order chi connectivity index (χ0) is 34.0. The Bertz CT molecular complexity index is 1410. The molecule has 0 N–H and O–H groups in total. The predicted octanol–water partition coefficient (Wildman–Crippen LogP) is 7.26.